The molecule has 0 bridgehead atoms. The third kappa shape index (κ3) is 2.01. The summed E-state index contributed by atoms with van der Waals surface area (Å²) in [5, 5.41) is 3.52. The maximum atomic E-state index is 12.7. The first-order chi connectivity index (χ1) is 8.45. The third-order valence-electron chi connectivity index (χ3n) is 2.19. The highest BCUT2D eigenvalue weighted by Crippen LogP contribution is 2.29. The molecule has 0 radical (unpaired) electrons. The van der Waals surface area contributed by atoms with Gasteiger partial charge in [-0.1, -0.05) is 0 Å². The predicted octanol–water partition coefficient (Wildman–Crippen LogP) is 1.92. The molecule has 0 amide bonds. The van der Waals surface area contributed by atoms with Crippen LogP contribution in [0.25, 0.3) is 5.65 Å². The number of halogens is 3. The van der Waals surface area contributed by atoms with E-state index in [-0.39, 0.29) is 17.8 Å². The first kappa shape index (κ1) is 12.3. The van der Waals surface area contributed by atoms with Gasteiger partial charge in [-0.15, -0.1) is 0 Å². The molecule has 0 N–H and O–H groups in total. The van der Waals surface area contributed by atoms with Crippen molar-refractivity contribution in [3.8, 4) is 0 Å². The van der Waals surface area contributed by atoms with Crippen LogP contribution in [0.5, 0.6) is 0 Å². The van der Waals surface area contributed by atoms with E-state index >= 15 is 0 Å². The maximum absolute atomic E-state index is 12.7. The quantitative estimate of drug-likeness (QED) is 0.773. The molecule has 0 aliphatic carbocycles. The van der Waals surface area contributed by atoms with Crippen molar-refractivity contribution in [3.05, 3.63) is 29.7 Å². The van der Waals surface area contributed by atoms with Crippen molar-refractivity contribution >= 4 is 11.6 Å². The minimum Gasteiger partial charge on any atom is -0.462 e. The van der Waals surface area contributed by atoms with E-state index in [1.165, 1.54) is 0 Å². The van der Waals surface area contributed by atoms with Crippen LogP contribution in [0.4, 0.5) is 13.2 Å². The van der Waals surface area contributed by atoms with Crippen molar-refractivity contribution < 1.29 is 22.7 Å². The molecule has 0 aromatic carbocycles. The van der Waals surface area contributed by atoms with Gasteiger partial charge in [-0.05, 0) is 13.0 Å². The fourth-order valence-electron chi connectivity index (χ4n) is 1.46. The van der Waals surface area contributed by atoms with Gasteiger partial charge in [0.15, 0.2) is 5.65 Å². The molecule has 8 heteroatoms. The Balaban J connectivity index is 2.59. The van der Waals surface area contributed by atoms with Crippen molar-refractivity contribution in [1.29, 1.82) is 0 Å². The van der Waals surface area contributed by atoms with Crippen LogP contribution in [0.1, 0.15) is 23.0 Å². The maximum Gasteiger partial charge on any atom is 0.433 e. The fourth-order valence-corrected chi connectivity index (χ4v) is 1.46. The van der Waals surface area contributed by atoms with Gasteiger partial charge in [0.2, 0.25) is 0 Å². The number of rotatable bonds is 2. The van der Waals surface area contributed by atoms with E-state index in [9.17, 15) is 18.0 Å². The Bertz CT molecular complexity index is 592. The van der Waals surface area contributed by atoms with Crippen LogP contribution in [0.3, 0.4) is 0 Å². The molecule has 0 fully saturated rings. The lowest BCUT2D eigenvalue weighted by atomic mass is 10.3. The first-order valence-electron chi connectivity index (χ1n) is 5.02. The summed E-state index contributed by atoms with van der Waals surface area (Å²) in [5.74, 6) is -0.751. The minimum absolute atomic E-state index is 0.0945. The highest BCUT2D eigenvalue weighted by atomic mass is 19.4. The Morgan fingerprint density at radius 2 is 2.22 bits per heavy atom. The molecule has 0 aliphatic heterocycles. The Labute approximate surface area is 99.2 Å². The summed E-state index contributed by atoms with van der Waals surface area (Å²) in [6.45, 7) is 1.72. The molecule has 2 aromatic heterocycles. The summed E-state index contributed by atoms with van der Waals surface area (Å²) in [6.07, 6.45) is -2.59. The van der Waals surface area contributed by atoms with Crippen LogP contribution in [-0.2, 0) is 10.9 Å². The molecule has 0 atom stereocenters. The minimum atomic E-state index is -4.57. The lowest BCUT2D eigenvalue weighted by molar-refractivity contribution is -0.142. The number of ether oxygens (including phenoxy) is 1. The number of esters is 1. The molecule has 2 rings (SSSR count). The van der Waals surface area contributed by atoms with Crippen LogP contribution >= 0.6 is 0 Å². The lowest BCUT2D eigenvalue weighted by Crippen LogP contribution is -2.13. The molecule has 2 aromatic rings. The zero-order valence-corrected chi connectivity index (χ0v) is 9.23. The van der Waals surface area contributed by atoms with Gasteiger partial charge in [-0.2, -0.15) is 18.3 Å². The molecule has 0 spiro atoms. The Hall–Kier alpha value is -2.12. The van der Waals surface area contributed by atoms with Crippen LogP contribution < -0.4 is 0 Å². The van der Waals surface area contributed by atoms with Crippen LogP contribution in [0.2, 0.25) is 0 Å². The van der Waals surface area contributed by atoms with Crippen LogP contribution in [-0.4, -0.2) is 27.2 Å². The van der Waals surface area contributed by atoms with Gasteiger partial charge < -0.3 is 4.74 Å². The standard InChI is InChI=1S/C10H8F3N3O2/c1-2-18-9(17)6-5-15-16-7(10(11,12)13)3-4-14-8(6)16/h3-5H,2H2,1H3. The lowest BCUT2D eigenvalue weighted by Gasteiger charge is -2.07. The van der Waals surface area contributed by atoms with E-state index in [0.29, 0.717) is 4.52 Å². The summed E-state index contributed by atoms with van der Waals surface area (Å²) in [5.41, 5.74) is -1.27. The van der Waals surface area contributed by atoms with Crippen molar-refractivity contribution in [1.82, 2.24) is 14.6 Å². The van der Waals surface area contributed by atoms with Gasteiger partial charge in [0.1, 0.15) is 11.3 Å². The second-order valence-corrected chi connectivity index (χ2v) is 3.34. The summed E-state index contributed by atoms with van der Waals surface area (Å²) in [7, 11) is 0. The zero-order valence-electron chi connectivity index (χ0n) is 9.23. The van der Waals surface area contributed by atoms with Crippen molar-refractivity contribution in [2.75, 3.05) is 6.61 Å². The Morgan fingerprint density at radius 1 is 1.50 bits per heavy atom. The molecule has 0 saturated carbocycles. The fraction of sp³-hybridized carbons (Fsp3) is 0.300. The first-order valence-corrected chi connectivity index (χ1v) is 5.02. The topological polar surface area (TPSA) is 56.5 Å². The highest BCUT2D eigenvalue weighted by molar-refractivity contribution is 5.95. The zero-order chi connectivity index (χ0) is 13.3. The second-order valence-electron chi connectivity index (χ2n) is 3.34. The number of nitrogens with zero attached hydrogens (tertiary/aromatic N) is 3. The smallest absolute Gasteiger partial charge is 0.433 e. The summed E-state index contributed by atoms with van der Waals surface area (Å²) in [6, 6.07) is 0.787. The van der Waals surface area contributed by atoms with Gasteiger partial charge >= 0.3 is 12.1 Å². The predicted molar refractivity (Wildman–Crippen MR) is 53.9 cm³/mol. The molecule has 0 unspecified atom stereocenters. The number of carbonyl (C=O) groups excluding carboxylic acids is 1. The van der Waals surface area contributed by atoms with Crippen LogP contribution in [0, 0.1) is 0 Å². The summed E-state index contributed by atoms with van der Waals surface area (Å²) >= 11 is 0. The molecular formula is C10H8F3N3O2. The van der Waals surface area contributed by atoms with E-state index in [4.69, 9.17) is 4.74 Å². The number of hydrogen-bond acceptors (Lipinski definition) is 4. The molecule has 0 aliphatic rings. The van der Waals surface area contributed by atoms with E-state index in [1.807, 2.05) is 0 Å². The number of aromatic nitrogens is 3. The summed E-state index contributed by atoms with van der Waals surface area (Å²) in [4.78, 5) is 15.2. The Kier molecular flexibility index (Phi) is 2.93. The average Bonchev–Trinajstić information content (AvgIpc) is 2.71. The summed E-state index contributed by atoms with van der Waals surface area (Å²) < 4.78 is 43.3. The number of alkyl halides is 3. The molecule has 0 saturated heterocycles. The van der Waals surface area contributed by atoms with Gasteiger partial charge in [0, 0.05) is 6.20 Å². The van der Waals surface area contributed by atoms with Crippen LogP contribution in [0.15, 0.2) is 18.5 Å². The molecular weight excluding hydrogens is 251 g/mol. The van der Waals surface area contributed by atoms with Gasteiger partial charge in [-0.25, -0.2) is 14.3 Å². The van der Waals surface area contributed by atoms with Crippen molar-refractivity contribution in [3.63, 3.8) is 0 Å². The largest absolute Gasteiger partial charge is 0.462 e. The van der Waals surface area contributed by atoms with E-state index in [2.05, 4.69) is 10.1 Å². The van der Waals surface area contributed by atoms with Gasteiger partial charge in [0.05, 0.1) is 12.8 Å². The molecule has 18 heavy (non-hydrogen) atoms. The average molecular weight is 259 g/mol. The van der Waals surface area contributed by atoms with Gasteiger partial charge in [-0.3, -0.25) is 0 Å². The van der Waals surface area contributed by atoms with E-state index < -0.39 is 17.8 Å². The number of hydrogen-bond donors (Lipinski definition) is 0. The highest BCUT2D eigenvalue weighted by Gasteiger charge is 2.35. The SMILES string of the molecule is CCOC(=O)c1cnn2c(C(F)(F)F)ccnc12. The molecule has 5 nitrogen and oxygen atoms in total. The third-order valence-corrected chi connectivity index (χ3v) is 2.19. The second kappa shape index (κ2) is 4.28. The van der Waals surface area contributed by atoms with Crippen molar-refractivity contribution in [2.24, 2.45) is 0 Å². The van der Waals surface area contributed by atoms with Crippen molar-refractivity contribution in [2.45, 2.75) is 13.1 Å². The van der Waals surface area contributed by atoms with E-state index in [1.54, 1.807) is 6.92 Å². The van der Waals surface area contributed by atoms with Gasteiger partial charge in [0.25, 0.3) is 0 Å². The Morgan fingerprint density at radius 3 is 2.83 bits per heavy atom. The van der Waals surface area contributed by atoms with E-state index in [0.717, 1.165) is 18.5 Å². The normalized spacial score (nSPS) is 11.8. The monoisotopic (exact) mass is 259 g/mol. The molecule has 2 heterocycles. The number of fused-ring (bicyclic) bond motifs is 1. The molecule has 96 valence electrons. The number of carbonyl (C=O) groups is 1.